The van der Waals surface area contributed by atoms with E-state index in [0.717, 1.165) is 11.1 Å². The largest absolute Gasteiger partial charge is 0.497 e. The highest BCUT2D eigenvalue weighted by Gasteiger charge is 2.36. The quantitative estimate of drug-likeness (QED) is 0.388. The van der Waals surface area contributed by atoms with Gasteiger partial charge in [0.15, 0.2) is 6.10 Å². The van der Waals surface area contributed by atoms with Crippen LogP contribution in [-0.2, 0) is 35.1 Å². The molecule has 2 aromatic carbocycles. The lowest BCUT2D eigenvalue weighted by Gasteiger charge is -2.31. The Hall–Kier alpha value is -4.44. The molecule has 0 saturated carbocycles. The first-order valence-corrected chi connectivity index (χ1v) is 14.7. The van der Waals surface area contributed by atoms with E-state index in [4.69, 9.17) is 14.2 Å². The van der Waals surface area contributed by atoms with E-state index in [0.29, 0.717) is 5.75 Å². The zero-order valence-corrected chi connectivity index (χ0v) is 25.7. The summed E-state index contributed by atoms with van der Waals surface area (Å²) in [5, 5.41) is 16.8. The molecule has 2 amide bonds. The van der Waals surface area contributed by atoms with Crippen LogP contribution in [0.1, 0.15) is 51.2 Å². The number of carbonyl (C=O) groups excluding carboxylic acids is 4. The molecule has 44 heavy (non-hydrogen) atoms. The van der Waals surface area contributed by atoms with Crippen LogP contribution in [0.15, 0.2) is 72.8 Å². The third-order valence-electron chi connectivity index (χ3n) is 7.02. The van der Waals surface area contributed by atoms with E-state index >= 15 is 0 Å². The van der Waals surface area contributed by atoms with Gasteiger partial charge < -0.3 is 30.0 Å². The van der Waals surface area contributed by atoms with Gasteiger partial charge in [0.25, 0.3) is 0 Å². The molecule has 4 atom stereocenters. The normalized spacial score (nSPS) is 22.8. The van der Waals surface area contributed by atoms with Crippen molar-refractivity contribution >= 4 is 29.8 Å². The van der Waals surface area contributed by atoms with Gasteiger partial charge >= 0.3 is 11.9 Å². The van der Waals surface area contributed by atoms with Crippen molar-refractivity contribution in [3.05, 3.63) is 84.0 Å². The minimum absolute atomic E-state index is 0.00936. The third kappa shape index (κ3) is 11.0. The predicted molar refractivity (Wildman–Crippen MR) is 165 cm³/mol. The second-order valence-corrected chi connectivity index (χ2v) is 11.3. The Bertz CT molecular complexity index is 1320. The number of cyclic esters (lactones) is 2. The molecule has 3 N–H and O–H groups in total. The molecular weight excluding hydrogens is 564 g/mol. The summed E-state index contributed by atoms with van der Waals surface area (Å²) in [5.74, 6) is -1.88. The van der Waals surface area contributed by atoms with Gasteiger partial charge in [0.2, 0.25) is 11.8 Å². The first-order valence-electron chi connectivity index (χ1n) is 14.7. The minimum Gasteiger partial charge on any atom is -0.497 e. The molecule has 1 aliphatic heterocycles. The van der Waals surface area contributed by atoms with Crippen molar-refractivity contribution in [2.45, 2.75) is 70.3 Å². The fourth-order valence-electron chi connectivity index (χ4n) is 4.53. The van der Waals surface area contributed by atoms with Gasteiger partial charge in [-0.2, -0.15) is 0 Å². The number of ether oxygens (including phenoxy) is 3. The number of rotatable bonds is 8. The molecule has 10 heteroatoms. The van der Waals surface area contributed by atoms with Gasteiger partial charge in [0.1, 0.15) is 23.5 Å². The van der Waals surface area contributed by atoms with Crippen LogP contribution in [0.2, 0.25) is 0 Å². The Balaban J connectivity index is 1.89. The molecule has 3 rings (SSSR count). The summed E-state index contributed by atoms with van der Waals surface area (Å²) < 4.78 is 16.4. The van der Waals surface area contributed by atoms with Crippen LogP contribution in [0.5, 0.6) is 5.75 Å². The predicted octanol–water partition coefficient (Wildman–Crippen LogP) is 3.52. The van der Waals surface area contributed by atoms with Crippen LogP contribution in [-0.4, -0.2) is 66.4 Å². The van der Waals surface area contributed by atoms with Crippen LogP contribution in [0, 0.1) is 5.92 Å². The lowest BCUT2D eigenvalue weighted by molar-refractivity contribution is -0.179. The molecule has 0 fully saturated rings. The van der Waals surface area contributed by atoms with E-state index < -0.39 is 47.6 Å². The second kappa shape index (κ2) is 16.4. The molecule has 0 unspecified atom stereocenters. The Morgan fingerprint density at radius 2 is 1.75 bits per heavy atom. The number of carbonyl (C=O) groups is 4. The zero-order valence-electron chi connectivity index (χ0n) is 25.7. The lowest BCUT2D eigenvalue weighted by Crippen LogP contribution is -2.48. The van der Waals surface area contributed by atoms with Gasteiger partial charge in [-0.15, -0.1) is 0 Å². The summed E-state index contributed by atoms with van der Waals surface area (Å²) in [5.41, 5.74) is -0.0372. The van der Waals surface area contributed by atoms with E-state index in [1.54, 1.807) is 37.5 Å². The summed E-state index contributed by atoms with van der Waals surface area (Å²) in [4.78, 5) is 52.0. The van der Waals surface area contributed by atoms with Crippen LogP contribution in [0.3, 0.4) is 0 Å². The van der Waals surface area contributed by atoms with Gasteiger partial charge in [-0.1, -0.05) is 68.5 Å². The summed E-state index contributed by atoms with van der Waals surface area (Å²) >= 11 is 0. The first kappa shape index (κ1) is 34.1. The van der Waals surface area contributed by atoms with Crippen molar-refractivity contribution in [3.63, 3.8) is 0 Å². The fourth-order valence-corrected chi connectivity index (χ4v) is 4.53. The number of hydrogen-bond acceptors (Lipinski definition) is 8. The van der Waals surface area contributed by atoms with Gasteiger partial charge in [-0.05, 0) is 54.7 Å². The Labute approximate surface area is 258 Å². The maximum atomic E-state index is 13.3. The molecule has 0 aliphatic carbocycles. The van der Waals surface area contributed by atoms with Gasteiger partial charge in [-0.3, -0.25) is 14.4 Å². The number of hydrogen-bond donors (Lipinski definition) is 3. The number of methoxy groups -OCH3 is 1. The van der Waals surface area contributed by atoms with Gasteiger partial charge in [0, 0.05) is 19.4 Å². The molecule has 1 heterocycles. The van der Waals surface area contributed by atoms with Crippen molar-refractivity contribution in [2.75, 3.05) is 13.7 Å². The summed E-state index contributed by atoms with van der Waals surface area (Å²) in [7, 11) is 1.55. The topological polar surface area (TPSA) is 140 Å². The van der Waals surface area contributed by atoms with Crippen LogP contribution in [0.25, 0.3) is 6.08 Å². The van der Waals surface area contributed by atoms with Crippen molar-refractivity contribution in [1.82, 2.24) is 10.6 Å². The standard InChI is InChI=1S/C34H42N2O8/c1-23(2)21-28-33(40)44-29(34(3,41)19-17-24-9-6-5-7-10-24)11-8-12-30(37)36-27(32(39)35-20-18-31(38)43-28)22-25-13-15-26(42-4)16-14-25/h5-10,12-17,19,23,27-29,41H,11,18,20-22H2,1-4H3,(H,35,39)(H,36,37)/b12-8+,19-17-/t27-,28+,29+,34+/m1/s1. The van der Waals surface area contributed by atoms with Crippen LogP contribution in [0.4, 0.5) is 0 Å². The highest BCUT2D eigenvalue weighted by Crippen LogP contribution is 2.23. The molecule has 0 saturated heterocycles. The molecule has 0 aromatic heterocycles. The van der Waals surface area contributed by atoms with Crippen molar-refractivity contribution < 1.29 is 38.5 Å². The lowest BCUT2D eigenvalue weighted by atomic mass is 9.94. The number of esters is 2. The van der Waals surface area contributed by atoms with E-state index in [1.165, 1.54) is 25.2 Å². The third-order valence-corrected chi connectivity index (χ3v) is 7.02. The van der Waals surface area contributed by atoms with Gasteiger partial charge in [-0.25, -0.2) is 4.79 Å². The van der Waals surface area contributed by atoms with Crippen LogP contribution >= 0.6 is 0 Å². The SMILES string of the molecule is COc1ccc(C[C@H]2NC(=O)/C=C/C[C@@H]([C@@](C)(O)/C=C\c3ccccc3)OC(=O)[C@H](CC(C)C)OC(=O)CCNC2=O)cc1. The number of benzene rings is 2. The van der Waals surface area contributed by atoms with Crippen molar-refractivity contribution in [2.24, 2.45) is 5.92 Å². The number of nitrogens with one attached hydrogen (secondary N) is 2. The molecule has 10 nitrogen and oxygen atoms in total. The summed E-state index contributed by atoms with van der Waals surface area (Å²) in [6.07, 6.45) is 3.75. The molecule has 0 spiro atoms. The average Bonchev–Trinajstić information content (AvgIpc) is 2.99. The summed E-state index contributed by atoms with van der Waals surface area (Å²) in [6, 6.07) is 15.5. The van der Waals surface area contributed by atoms with Crippen LogP contribution < -0.4 is 15.4 Å². The monoisotopic (exact) mass is 606 g/mol. The molecular formula is C34H42N2O8. The highest BCUT2D eigenvalue weighted by molar-refractivity contribution is 5.93. The molecule has 236 valence electrons. The Morgan fingerprint density at radius 3 is 2.41 bits per heavy atom. The van der Waals surface area contributed by atoms with Crippen molar-refractivity contribution in [3.8, 4) is 5.75 Å². The maximum Gasteiger partial charge on any atom is 0.347 e. The van der Waals surface area contributed by atoms with E-state index in [1.807, 2.05) is 44.2 Å². The maximum absolute atomic E-state index is 13.3. The number of aliphatic hydroxyl groups is 1. The van der Waals surface area contributed by atoms with Gasteiger partial charge in [0.05, 0.1) is 13.5 Å². The zero-order chi connectivity index (χ0) is 32.1. The number of amides is 2. The van der Waals surface area contributed by atoms with Crippen molar-refractivity contribution in [1.29, 1.82) is 0 Å². The van der Waals surface area contributed by atoms with E-state index in [9.17, 15) is 24.3 Å². The molecule has 2 aromatic rings. The summed E-state index contributed by atoms with van der Waals surface area (Å²) in [6.45, 7) is 5.19. The molecule has 0 radical (unpaired) electrons. The fraction of sp³-hybridized carbons (Fsp3) is 0.412. The Morgan fingerprint density at radius 1 is 1.05 bits per heavy atom. The Kier molecular flexibility index (Phi) is 12.7. The highest BCUT2D eigenvalue weighted by atomic mass is 16.6. The molecule has 1 aliphatic rings. The minimum atomic E-state index is -1.65. The average molecular weight is 607 g/mol. The first-order chi connectivity index (χ1) is 21.0. The van der Waals surface area contributed by atoms with E-state index in [2.05, 4.69) is 10.6 Å². The smallest absolute Gasteiger partial charge is 0.347 e. The van der Waals surface area contributed by atoms with E-state index in [-0.39, 0.29) is 38.1 Å². The second-order valence-electron chi connectivity index (χ2n) is 11.3. The molecule has 0 bridgehead atoms.